The molecule has 0 fully saturated rings. The van der Waals surface area contributed by atoms with E-state index in [2.05, 4.69) is 53.4 Å². The maximum atomic E-state index is 10.2. The van der Waals surface area contributed by atoms with Crippen LogP contribution in [-0.4, -0.2) is 61.3 Å². The van der Waals surface area contributed by atoms with Gasteiger partial charge in [0, 0.05) is 6.54 Å². The molecular formula is C4H13N13O7. The number of quaternary nitrogens is 2. The zero-order chi connectivity index (χ0) is 17.8. The number of nitrogens with one attached hydrogen (secondary N) is 1. The third kappa shape index (κ3) is 7.43. The Bertz CT molecular complexity index is 609. The molecule has 0 aliphatic heterocycles. The second kappa shape index (κ2) is 12.0. The summed E-state index contributed by atoms with van der Waals surface area (Å²) in [5.74, 6) is 3.87. The van der Waals surface area contributed by atoms with Crippen molar-refractivity contribution in [2.45, 2.75) is 6.54 Å². The number of aromatic nitrogens is 7. The van der Waals surface area contributed by atoms with Gasteiger partial charge in [0.05, 0.1) is 5.82 Å². The van der Waals surface area contributed by atoms with Crippen molar-refractivity contribution in [3.8, 4) is 0 Å². The van der Waals surface area contributed by atoms with Crippen LogP contribution in [0.5, 0.6) is 0 Å². The van der Waals surface area contributed by atoms with Crippen LogP contribution in [0.4, 0.5) is 11.9 Å². The van der Waals surface area contributed by atoms with Crippen LogP contribution in [0.25, 0.3) is 10.9 Å². The number of hydrogen-bond acceptors (Lipinski definition) is 11. The lowest BCUT2D eigenvalue weighted by Crippen LogP contribution is -2.42. The maximum Gasteiger partial charge on any atom is 0.127 e. The fourth-order valence-electron chi connectivity index (χ4n) is 1.06. The zero-order valence-electron chi connectivity index (χ0n) is 11.6. The highest BCUT2D eigenvalue weighted by molar-refractivity contribution is 5.26. The summed E-state index contributed by atoms with van der Waals surface area (Å²) in [5.41, 5.74) is 5.80. The van der Waals surface area contributed by atoms with Gasteiger partial charge in [-0.1, -0.05) is 10.9 Å². The van der Waals surface area contributed by atoms with Gasteiger partial charge < -0.3 is 15.6 Å². The standard InChI is InChI=1S/C4H3N11O4.2H4NO.H2O/c16-14(17)9-3-5-2(6-7-3)1-13-4(8-11-12-13)10-15(18)19;2*1-2;/h1H2,(H-2,5,6,7,8,9,10,12);2*2H,1H3;1H2/q-2;2*+1;. The van der Waals surface area contributed by atoms with Gasteiger partial charge in [0.25, 0.3) is 0 Å². The number of nitrogens with zero attached hydrogens (tertiary/aromatic N) is 10. The van der Waals surface area contributed by atoms with Gasteiger partial charge in [0.15, 0.2) is 0 Å². The SMILES string of the molecule is O.O=[N+]([O-])[N-]c1nc(Cn2nnnc2[N-][N+](=O)[O-])n[nH]1.[NH3+]O.[NH3+]O. The lowest BCUT2D eigenvalue weighted by Gasteiger charge is -2.06. The Labute approximate surface area is 129 Å². The van der Waals surface area contributed by atoms with Crippen LogP contribution in [0.3, 0.4) is 0 Å². The topological polar surface area (TPSA) is 327 Å². The van der Waals surface area contributed by atoms with Crippen LogP contribution in [0.2, 0.25) is 0 Å². The van der Waals surface area contributed by atoms with Gasteiger partial charge in [-0.25, -0.2) is 52.6 Å². The molecule has 0 unspecified atom stereocenters. The van der Waals surface area contributed by atoms with Crippen LogP contribution in [0, 0.1) is 20.2 Å². The third-order valence-electron chi connectivity index (χ3n) is 1.67. The largest absolute Gasteiger partial charge is 0.412 e. The van der Waals surface area contributed by atoms with Gasteiger partial charge in [-0.15, -0.1) is 10.4 Å². The van der Waals surface area contributed by atoms with E-state index in [1.807, 2.05) is 0 Å². The first-order valence-electron chi connectivity index (χ1n) is 5.07. The van der Waals surface area contributed by atoms with E-state index in [0.29, 0.717) is 0 Å². The molecule has 0 aliphatic rings. The molecule has 0 aliphatic carbocycles. The summed E-state index contributed by atoms with van der Waals surface area (Å²) < 4.78 is 0.946. The van der Waals surface area contributed by atoms with Crippen LogP contribution >= 0.6 is 0 Å². The molecule has 2 aromatic heterocycles. The fourth-order valence-corrected chi connectivity index (χ4v) is 1.06. The van der Waals surface area contributed by atoms with Crippen molar-refractivity contribution >= 4 is 11.9 Å². The number of nitro groups is 2. The molecule has 24 heavy (non-hydrogen) atoms. The van der Waals surface area contributed by atoms with Gasteiger partial charge in [0.2, 0.25) is 0 Å². The summed E-state index contributed by atoms with van der Waals surface area (Å²) in [6.45, 7) is -0.163. The van der Waals surface area contributed by atoms with Crippen molar-refractivity contribution in [1.82, 2.24) is 35.4 Å². The Kier molecular flexibility index (Phi) is 11.3. The van der Waals surface area contributed by atoms with Crippen LogP contribution in [0.1, 0.15) is 5.82 Å². The average Bonchev–Trinajstić information content (AvgIpc) is 3.13. The summed E-state index contributed by atoms with van der Waals surface area (Å²) in [6.07, 6.45) is 0. The molecule has 0 bridgehead atoms. The number of rotatable bonds is 6. The van der Waals surface area contributed by atoms with E-state index in [1.165, 1.54) is 0 Å². The number of aromatic amines is 1. The van der Waals surface area contributed by atoms with Crippen molar-refractivity contribution in [2.24, 2.45) is 0 Å². The molecule has 0 saturated carbocycles. The van der Waals surface area contributed by atoms with Crippen molar-refractivity contribution in [3.05, 3.63) is 36.9 Å². The Hall–Kier alpha value is -3.59. The van der Waals surface area contributed by atoms with Crippen LogP contribution < -0.4 is 11.8 Å². The predicted octanol–water partition coefficient (Wildman–Crippen LogP) is -4.36. The Morgan fingerprint density at radius 1 is 1.17 bits per heavy atom. The maximum absolute atomic E-state index is 10.2. The van der Waals surface area contributed by atoms with E-state index in [0.717, 1.165) is 4.68 Å². The average molecular weight is 355 g/mol. The zero-order valence-corrected chi connectivity index (χ0v) is 11.6. The number of hydrogen-bond donors (Lipinski definition) is 5. The molecule has 0 atom stereocenters. The van der Waals surface area contributed by atoms with Gasteiger partial charge in [0.1, 0.15) is 22.0 Å². The lowest BCUT2D eigenvalue weighted by atomic mass is 10.6. The van der Waals surface area contributed by atoms with E-state index in [4.69, 9.17) is 10.4 Å². The van der Waals surface area contributed by atoms with E-state index < -0.39 is 10.1 Å². The summed E-state index contributed by atoms with van der Waals surface area (Å²) in [5, 5.41) is 47.6. The van der Waals surface area contributed by atoms with Crippen LogP contribution in [-0.2, 0) is 6.54 Å². The minimum Gasteiger partial charge on any atom is -0.412 e. The molecule has 20 nitrogen and oxygen atoms in total. The van der Waals surface area contributed by atoms with Crippen molar-refractivity contribution in [2.75, 3.05) is 0 Å². The highest BCUT2D eigenvalue weighted by Gasteiger charge is 2.04. The van der Waals surface area contributed by atoms with E-state index in [9.17, 15) is 20.2 Å². The molecule has 0 spiro atoms. The number of H-pyrrole nitrogens is 1. The number of tetrazole rings is 1. The van der Waals surface area contributed by atoms with Gasteiger partial charge in [-0.05, 0) is 0 Å². The summed E-state index contributed by atoms with van der Waals surface area (Å²) in [6, 6.07) is 0. The molecule has 0 amide bonds. The summed E-state index contributed by atoms with van der Waals surface area (Å²) >= 11 is 0. The first-order valence-corrected chi connectivity index (χ1v) is 5.07. The lowest BCUT2D eigenvalue weighted by molar-refractivity contribution is -0.670. The second-order valence-corrected chi connectivity index (χ2v) is 2.89. The molecule has 2 aromatic rings. The molecule has 20 heteroatoms. The highest BCUT2D eigenvalue weighted by Crippen LogP contribution is 2.14. The third-order valence-corrected chi connectivity index (χ3v) is 1.67. The molecule has 0 saturated heterocycles. The van der Waals surface area contributed by atoms with Gasteiger partial charge in [-0.2, -0.15) is 0 Å². The molecule has 2 heterocycles. The molecule has 2 rings (SSSR count). The molecular weight excluding hydrogens is 342 g/mol. The van der Waals surface area contributed by atoms with Crippen LogP contribution in [0.15, 0.2) is 0 Å². The Morgan fingerprint density at radius 3 is 2.29 bits per heavy atom. The van der Waals surface area contributed by atoms with E-state index in [-0.39, 0.29) is 29.7 Å². The first kappa shape index (κ1) is 22.7. The first-order chi connectivity index (χ1) is 11.0. The van der Waals surface area contributed by atoms with E-state index in [1.54, 1.807) is 0 Å². The van der Waals surface area contributed by atoms with Crippen molar-refractivity contribution in [1.29, 1.82) is 0 Å². The summed E-state index contributed by atoms with van der Waals surface area (Å²) in [7, 11) is 0. The molecule has 11 N–H and O–H groups in total. The van der Waals surface area contributed by atoms with Gasteiger partial charge in [-0.3, -0.25) is 4.68 Å². The fraction of sp³-hybridized carbons (Fsp3) is 0.250. The van der Waals surface area contributed by atoms with E-state index >= 15 is 0 Å². The normalized spacial score (nSPS) is 8.50. The van der Waals surface area contributed by atoms with Gasteiger partial charge >= 0.3 is 0 Å². The Balaban J connectivity index is 0. The predicted molar refractivity (Wildman–Crippen MR) is 66.3 cm³/mol. The highest BCUT2D eigenvalue weighted by atomic mass is 16.7. The second-order valence-electron chi connectivity index (χ2n) is 2.89. The summed E-state index contributed by atoms with van der Waals surface area (Å²) in [4.78, 5) is 23.9. The minimum atomic E-state index is -0.965. The van der Waals surface area contributed by atoms with Crippen molar-refractivity contribution < 1.29 is 37.7 Å². The monoisotopic (exact) mass is 355 g/mol. The Morgan fingerprint density at radius 2 is 1.75 bits per heavy atom. The molecule has 0 radical (unpaired) electrons. The quantitative estimate of drug-likeness (QED) is 0.243. The van der Waals surface area contributed by atoms with Crippen molar-refractivity contribution in [3.63, 3.8) is 0 Å². The molecule has 0 aromatic carbocycles. The minimum absolute atomic E-state index is 0. The molecule has 136 valence electrons. The smallest absolute Gasteiger partial charge is 0.127 e.